The Bertz CT molecular complexity index is 468. The van der Waals surface area contributed by atoms with Crippen molar-refractivity contribution in [3.05, 3.63) is 34.9 Å². The van der Waals surface area contributed by atoms with Crippen LogP contribution in [0.1, 0.15) is 44.6 Å². The minimum Gasteiger partial charge on any atom is -0.468 e. The Hall–Kier alpha value is -1.06. The SMILES string of the molecule is CCC(C)C(NC1CC(c2ccc(Cl)cc2)C1)C(=O)OC. The van der Waals surface area contributed by atoms with E-state index in [9.17, 15) is 4.79 Å². The number of esters is 1. The molecule has 0 saturated heterocycles. The lowest BCUT2D eigenvalue weighted by Gasteiger charge is -2.39. The molecule has 1 aromatic rings. The van der Waals surface area contributed by atoms with Gasteiger partial charge in [0.15, 0.2) is 0 Å². The molecule has 1 saturated carbocycles. The molecule has 2 rings (SSSR count). The van der Waals surface area contributed by atoms with Crippen molar-refractivity contribution in [1.82, 2.24) is 5.32 Å². The van der Waals surface area contributed by atoms with E-state index in [1.165, 1.54) is 12.7 Å². The Morgan fingerprint density at radius 3 is 2.52 bits per heavy atom. The summed E-state index contributed by atoms with van der Waals surface area (Å²) in [5.74, 6) is 0.696. The molecule has 116 valence electrons. The number of nitrogens with one attached hydrogen (secondary N) is 1. The number of hydrogen-bond acceptors (Lipinski definition) is 3. The fourth-order valence-corrected chi connectivity index (χ4v) is 2.97. The molecule has 1 fully saturated rings. The van der Waals surface area contributed by atoms with E-state index in [4.69, 9.17) is 16.3 Å². The van der Waals surface area contributed by atoms with Crippen LogP contribution in [-0.2, 0) is 9.53 Å². The first-order valence-electron chi connectivity index (χ1n) is 7.64. The normalized spacial score (nSPS) is 24.0. The topological polar surface area (TPSA) is 38.3 Å². The quantitative estimate of drug-likeness (QED) is 0.813. The molecule has 0 bridgehead atoms. The van der Waals surface area contributed by atoms with Gasteiger partial charge in [-0.1, -0.05) is 44.0 Å². The van der Waals surface area contributed by atoms with Crippen molar-refractivity contribution in [3.8, 4) is 0 Å². The fourth-order valence-electron chi connectivity index (χ4n) is 2.84. The number of benzene rings is 1. The average Bonchev–Trinajstić information content (AvgIpc) is 2.46. The molecule has 0 aliphatic heterocycles. The molecule has 1 aromatic carbocycles. The van der Waals surface area contributed by atoms with E-state index in [0.29, 0.717) is 12.0 Å². The van der Waals surface area contributed by atoms with E-state index in [-0.39, 0.29) is 17.9 Å². The van der Waals surface area contributed by atoms with Crippen LogP contribution in [0.25, 0.3) is 0 Å². The Morgan fingerprint density at radius 1 is 1.38 bits per heavy atom. The van der Waals surface area contributed by atoms with Crippen molar-refractivity contribution in [3.63, 3.8) is 0 Å². The van der Waals surface area contributed by atoms with Gasteiger partial charge in [-0.05, 0) is 42.4 Å². The summed E-state index contributed by atoms with van der Waals surface area (Å²) in [5.41, 5.74) is 1.33. The average molecular weight is 310 g/mol. The Balaban J connectivity index is 1.88. The molecular weight excluding hydrogens is 286 g/mol. The molecule has 0 amide bonds. The van der Waals surface area contributed by atoms with Gasteiger partial charge in [0.2, 0.25) is 0 Å². The molecule has 21 heavy (non-hydrogen) atoms. The van der Waals surface area contributed by atoms with Gasteiger partial charge in [-0.2, -0.15) is 0 Å². The van der Waals surface area contributed by atoms with Gasteiger partial charge in [0.1, 0.15) is 6.04 Å². The molecule has 1 aliphatic carbocycles. The summed E-state index contributed by atoms with van der Waals surface area (Å²) >= 11 is 5.91. The third-order valence-corrected chi connectivity index (χ3v) is 4.81. The Labute approximate surface area is 132 Å². The zero-order valence-corrected chi connectivity index (χ0v) is 13.7. The van der Waals surface area contributed by atoms with Crippen LogP contribution in [0.3, 0.4) is 0 Å². The maximum Gasteiger partial charge on any atom is 0.323 e. The lowest BCUT2D eigenvalue weighted by molar-refractivity contribution is -0.145. The second-order valence-electron chi connectivity index (χ2n) is 5.97. The van der Waals surface area contributed by atoms with Crippen molar-refractivity contribution >= 4 is 17.6 Å². The largest absolute Gasteiger partial charge is 0.468 e. The van der Waals surface area contributed by atoms with Crippen molar-refractivity contribution in [1.29, 1.82) is 0 Å². The highest BCUT2D eigenvalue weighted by molar-refractivity contribution is 6.30. The molecule has 0 heterocycles. The first-order chi connectivity index (χ1) is 10.0. The molecule has 2 unspecified atom stereocenters. The van der Waals surface area contributed by atoms with Gasteiger partial charge in [0.25, 0.3) is 0 Å². The van der Waals surface area contributed by atoms with Crippen LogP contribution in [0.5, 0.6) is 0 Å². The molecule has 2 atom stereocenters. The predicted molar refractivity (Wildman–Crippen MR) is 85.6 cm³/mol. The number of carbonyl (C=O) groups excluding carboxylic acids is 1. The zero-order chi connectivity index (χ0) is 15.4. The minimum atomic E-state index is -0.198. The molecule has 0 aromatic heterocycles. The molecule has 1 aliphatic rings. The van der Waals surface area contributed by atoms with E-state index >= 15 is 0 Å². The molecule has 3 nitrogen and oxygen atoms in total. The Kier molecular flexibility index (Phi) is 5.65. The summed E-state index contributed by atoms with van der Waals surface area (Å²) in [7, 11) is 1.46. The number of rotatable bonds is 6. The van der Waals surface area contributed by atoms with Crippen LogP contribution >= 0.6 is 11.6 Å². The molecule has 1 N–H and O–H groups in total. The monoisotopic (exact) mass is 309 g/mol. The van der Waals surface area contributed by atoms with Gasteiger partial charge < -0.3 is 10.1 Å². The predicted octanol–water partition coefficient (Wildman–Crippen LogP) is 3.76. The van der Waals surface area contributed by atoms with Gasteiger partial charge in [-0.15, -0.1) is 0 Å². The zero-order valence-electron chi connectivity index (χ0n) is 12.9. The van der Waals surface area contributed by atoms with E-state index < -0.39 is 0 Å². The van der Waals surface area contributed by atoms with E-state index in [1.54, 1.807) is 0 Å². The third kappa shape index (κ3) is 3.98. The number of hydrogen-bond donors (Lipinski definition) is 1. The first-order valence-corrected chi connectivity index (χ1v) is 8.02. The van der Waals surface area contributed by atoms with E-state index in [1.807, 2.05) is 12.1 Å². The van der Waals surface area contributed by atoms with Crippen molar-refractivity contribution in [2.45, 2.75) is 51.1 Å². The highest BCUT2D eigenvalue weighted by Gasteiger charge is 2.35. The molecule has 0 spiro atoms. The fraction of sp³-hybridized carbons (Fsp3) is 0.588. The van der Waals surface area contributed by atoms with Crippen molar-refractivity contribution in [2.75, 3.05) is 7.11 Å². The van der Waals surface area contributed by atoms with Gasteiger partial charge in [-0.3, -0.25) is 4.79 Å². The van der Waals surface area contributed by atoms with Crippen LogP contribution < -0.4 is 5.32 Å². The molecule has 0 radical (unpaired) electrons. The van der Waals surface area contributed by atoms with Gasteiger partial charge in [-0.25, -0.2) is 0 Å². The van der Waals surface area contributed by atoms with Gasteiger partial charge >= 0.3 is 5.97 Å². The number of carbonyl (C=O) groups is 1. The van der Waals surface area contributed by atoms with Crippen LogP contribution in [0.2, 0.25) is 5.02 Å². The summed E-state index contributed by atoms with van der Waals surface area (Å²) < 4.78 is 4.91. The number of ether oxygens (including phenoxy) is 1. The molecular formula is C17H24ClNO2. The van der Waals surface area contributed by atoms with Crippen LogP contribution in [0.4, 0.5) is 0 Å². The van der Waals surface area contributed by atoms with Gasteiger partial charge in [0, 0.05) is 11.1 Å². The number of halogens is 1. The van der Waals surface area contributed by atoms with Crippen LogP contribution in [-0.4, -0.2) is 25.2 Å². The summed E-state index contributed by atoms with van der Waals surface area (Å²) in [6, 6.07) is 8.26. The number of methoxy groups -OCH3 is 1. The summed E-state index contributed by atoms with van der Waals surface area (Å²) in [4.78, 5) is 11.9. The first kappa shape index (κ1) is 16.3. The van der Waals surface area contributed by atoms with E-state index in [0.717, 1.165) is 24.3 Å². The van der Waals surface area contributed by atoms with Crippen molar-refractivity contribution in [2.24, 2.45) is 5.92 Å². The Morgan fingerprint density at radius 2 is 2.00 bits per heavy atom. The molecule has 4 heteroatoms. The lowest BCUT2D eigenvalue weighted by atomic mass is 9.75. The van der Waals surface area contributed by atoms with Crippen molar-refractivity contribution < 1.29 is 9.53 Å². The van der Waals surface area contributed by atoms with E-state index in [2.05, 4.69) is 31.3 Å². The second kappa shape index (κ2) is 7.28. The summed E-state index contributed by atoms with van der Waals surface area (Å²) in [6.45, 7) is 4.18. The highest BCUT2D eigenvalue weighted by atomic mass is 35.5. The smallest absolute Gasteiger partial charge is 0.323 e. The minimum absolute atomic E-state index is 0.153. The maximum atomic E-state index is 11.9. The third-order valence-electron chi connectivity index (χ3n) is 4.56. The second-order valence-corrected chi connectivity index (χ2v) is 6.41. The maximum absolute atomic E-state index is 11.9. The highest BCUT2D eigenvalue weighted by Crippen LogP contribution is 2.37. The summed E-state index contributed by atoms with van der Waals surface area (Å²) in [6.07, 6.45) is 3.08. The van der Waals surface area contributed by atoms with Crippen LogP contribution in [0.15, 0.2) is 24.3 Å². The lowest BCUT2D eigenvalue weighted by Crippen LogP contribution is -2.51. The standard InChI is InChI=1S/C17H24ClNO2/c1-4-11(2)16(17(20)21-3)19-15-9-13(10-15)12-5-7-14(18)8-6-12/h5-8,11,13,15-16,19H,4,9-10H2,1-3H3. The van der Waals surface area contributed by atoms with Crippen LogP contribution in [0, 0.1) is 5.92 Å². The summed E-state index contributed by atoms with van der Waals surface area (Å²) in [5, 5.41) is 4.24. The van der Waals surface area contributed by atoms with Gasteiger partial charge in [0.05, 0.1) is 7.11 Å².